The van der Waals surface area contributed by atoms with Gasteiger partial charge in [0, 0.05) is 18.5 Å². The van der Waals surface area contributed by atoms with Gasteiger partial charge >= 0.3 is 0 Å². The van der Waals surface area contributed by atoms with Gasteiger partial charge in [0.1, 0.15) is 5.56 Å². The Morgan fingerprint density at radius 3 is 2.58 bits per heavy atom. The average molecular weight is 355 g/mol. The number of nitrogens with one attached hydrogen (secondary N) is 1. The largest absolute Gasteiger partial charge is 0.360 e. The number of carbonyl (C=O) groups excluding carboxylic acids is 1. The van der Waals surface area contributed by atoms with Crippen molar-refractivity contribution >= 4 is 5.91 Å². The van der Waals surface area contributed by atoms with Gasteiger partial charge in [-0.15, -0.1) is 0 Å². The van der Waals surface area contributed by atoms with E-state index < -0.39 is 0 Å². The van der Waals surface area contributed by atoms with E-state index in [0.29, 0.717) is 29.6 Å². The quantitative estimate of drug-likeness (QED) is 0.825. The van der Waals surface area contributed by atoms with Crippen molar-refractivity contribution in [2.45, 2.75) is 52.0 Å². The Morgan fingerprint density at radius 1 is 1.23 bits per heavy atom. The van der Waals surface area contributed by atoms with Crippen molar-refractivity contribution in [1.29, 1.82) is 0 Å². The van der Waals surface area contributed by atoms with E-state index in [1.165, 1.54) is 18.4 Å². The lowest BCUT2D eigenvalue weighted by atomic mass is 10.0. The molecule has 0 bridgehead atoms. The van der Waals surface area contributed by atoms with Gasteiger partial charge in [-0.05, 0) is 44.8 Å². The van der Waals surface area contributed by atoms with Crippen molar-refractivity contribution in [1.82, 2.24) is 15.4 Å². The molecule has 1 N–H and O–H groups in total. The zero-order valence-corrected chi connectivity index (χ0v) is 16.0. The van der Waals surface area contributed by atoms with E-state index >= 15 is 0 Å². The Hall–Kier alpha value is -2.14. The minimum absolute atomic E-state index is 0.0790. The van der Waals surface area contributed by atoms with E-state index in [-0.39, 0.29) is 11.8 Å². The Balaban J connectivity index is 1.69. The molecule has 0 spiro atoms. The summed E-state index contributed by atoms with van der Waals surface area (Å²) in [7, 11) is 0. The van der Waals surface area contributed by atoms with Gasteiger partial charge in [0.05, 0.1) is 5.69 Å². The van der Waals surface area contributed by atoms with Crippen LogP contribution in [0.4, 0.5) is 0 Å². The third-order valence-electron chi connectivity index (χ3n) is 5.11. The first-order valence-electron chi connectivity index (χ1n) is 9.58. The number of likely N-dealkylation sites (tertiary alicyclic amines) is 1. The molecule has 5 nitrogen and oxygen atoms in total. The Kier molecular flexibility index (Phi) is 6.09. The number of carbonyl (C=O) groups is 1. The fraction of sp³-hybridized carbons (Fsp3) is 0.524. The molecule has 0 radical (unpaired) electrons. The number of nitrogens with zero attached hydrogens (tertiary/aromatic N) is 2. The fourth-order valence-electron chi connectivity index (χ4n) is 3.68. The predicted octanol–water partition coefficient (Wildman–Crippen LogP) is 3.54. The zero-order valence-electron chi connectivity index (χ0n) is 16.0. The van der Waals surface area contributed by atoms with Crippen LogP contribution in [0.15, 0.2) is 34.9 Å². The molecule has 1 amide bonds. The van der Waals surface area contributed by atoms with Crippen molar-refractivity contribution in [2.75, 3.05) is 19.6 Å². The van der Waals surface area contributed by atoms with Gasteiger partial charge in [-0.1, -0.05) is 49.3 Å². The summed E-state index contributed by atoms with van der Waals surface area (Å²) in [6, 6.07) is 10.8. The monoisotopic (exact) mass is 355 g/mol. The first-order chi connectivity index (χ1) is 12.6. The first kappa shape index (κ1) is 18.6. The molecule has 1 saturated heterocycles. The SMILES string of the molecule is Cc1noc(C(C)C)c1C(=O)NCC(Cc1ccccc1)N1CCCC1. The first-order valence-corrected chi connectivity index (χ1v) is 9.58. The smallest absolute Gasteiger partial charge is 0.256 e. The van der Waals surface area contributed by atoms with E-state index in [1.54, 1.807) is 0 Å². The van der Waals surface area contributed by atoms with Crippen LogP contribution in [0.2, 0.25) is 0 Å². The Labute approximate surface area is 155 Å². The fourth-order valence-corrected chi connectivity index (χ4v) is 3.68. The molecule has 1 fully saturated rings. The molecular weight excluding hydrogens is 326 g/mol. The van der Waals surface area contributed by atoms with E-state index in [0.717, 1.165) is 19.5 Å². The maximum absolute atomic E-state index is 12.8. The van der Waals surface area contributed by atoms with Gasteiger partial charge in [0.2, 0.25) is 0 Å². The number of aromatic nitrogens is 1. The molecule has 5 heteroatoms. The summed E-state index contributed by atoms with van der Waals surface area (Å²) in [5, 5.41) is 7.12. The van der Waals surface area contributed by atoms with E-state index in [1.807, 2.05) is 26.8 Å². The second kappa shape index (κ2) is 8.49. The molecule has 140 valence electrons. The maximum Gasteiger partial charge on any atom is 0.256 e. The lowest BCUT2D eigenvalue weighted by Crippen LogP contribution is -2.44. The van der Waals surface area contributed by atoms with E-state index in [9.17, 15) is 4.79 Å². The molecule has 1 atom stereocenters. The highest BCUT2D eigenvalue weighted by molar-refractivity contribution is 5.96. The van der Waals surface area contributed by atoms with Crippen LogP contribution in [0.1, 0.15) is 60.0 Å². The van der Waals surface area contributed by atoms with Gasteiger partial charge in [0.25, 0.3) is 5.91 Å². The van der Waals surface area contributed by atoms with Crippen molar-refractivity contribution in [3.05, 3.63) is 52.9 Å². The second-order valence-electron chi connectivity index (χ2n) is 7.46. The maximum atomic E-state index is 12.8. The molecule has 0 saturated carbocycles. The van der Waals surface area contributed by atoms with Gasteiger partial charge in [-0.3, -0.25) is 9.69 Å². The normalized spacial score (nSPS) is 16.2. The summed E-state index contributed by atoms with van der Waals surface area (Å²) in [5.41, 5.74) is 2.56. The molecule has 2 heterocycles. The molecule has 0 aliphatic carbocycles. The number of hydrogen-bond acceptors (Lipinski definition) is 4. The molecule has 26 heavy (non-hydrogen) atoms. The van der Waals surface area contributed by atoms with Gasteiger partial charge in [-0.2, -0.15) is 0 Å². The minimum atomic E-state index is -0.0790. The van der Waals surface area contributed by atoms with Crippen molar-refractivity contribution in [2.24, 2.45) is 0 Å². The van der Waals surface area contributed by atoms with Crippen LogP contribution in [0.3, 0.4) is 0 Å². The standard InChI is InChI=1S/C21H29N3O2/c1-15(2)20-19(16(3)23-26-20)21(25)22-14-18(24-11-7-8-12-24)13-17-9-5-4-6-10-17/h4-6,9-10,15,18H,7-8,11-14H2,1-3H3,(H,22,25). The highest BCUT2D eigenvalue weighted by Gasteiger charge is 2.26. The van der Waals surface area contributed by atoms with Crippen LogP contribution in [0.25, 0.3) is 0 Å². The number of aryl methyl sites for hydroxylation is 1. The van der Waals surface area contributed by atoms with E-state index in [4.69, 9.17) is 4.52 Å². The van der Waals surface area contributed by atoms with Crippen LogP contribution >= 0.6 is 0 Å². The van der Waals surface area contributed by atoms with Gasteiger partial charge in [0.15, 0.2) is 5.76 Å². The predicted molar refractivity (Wildman–Crippen MR) is 102 cm³/mol. The minimum Gasteiger partial charge on any atom is -0.360 e. The summed E-state index contributed by atoms with van der Waals surface area (Å²) in [6.45, 7) is 8.70. The molecule has 1 aliphatic heterocycles. The number of benzene rings is 1. The lowest BCUT2D eigenvalue weighted by molar-refractivity contribution is 0.0934. The molecular formula is C21H29N3O2. The third kappa shape index (κ3) is 4.33. The van der Waals surface area contributed by atoms with Crippen LogP contribution in [0.5, 0.6) is 0 Å². The van der Waals surface area contributed by atoms with Crippen LogP contribution in [-0.2, 0) is 6.42 Å². The van der Waals surface area contributed by atoms with Crippen molar-refractivity contribution in [3.8, 4) is 0 Å². The van der Waals surface area contributed by atoms with Crippen LogP contribution in [-0.4, -0.2) is 41.6 Å². The molecule has 3 rings (SSSR count). The summed E-state index contributed by atoms with van der Waals surface area (Å²) >= 11 is 0. The van der Waals surface area contributed by atoms with Crippen LogP contribution in [0, 0.1) is 6.92 Å². The van der Waals surface area contributed by atoms with Crippen molar-refractivity contribution < 1.29 is 9.32 Å². The highest BCUT2D eigenvalue weighted by Crippen LogP contribution is 2.22. The highest BCUT2D eigenvalue weighted by atomic mass is 16.5. The van der Waals surface area contributed by atoms with Gasteiger partial charge in [-0.25, -0.2) is 0 Å². The molecule has 1 aromatic carbocycles. The molecule has 1 unspecified atom stereocenters. The average Bonchev–Trinajstić information content (AvgIpc) is 3.29. The summed E-state index contributed by atoms with van der Waals surface area (Å²) in [5.74, 6) is 0.723. The Bertz CT molecular complexity index is 718. The summed E-state index contributed by atoms with van der Waals surface area (Å²) < 4.78 is 5.36. The lowest BCUT2D eigenvalue weighted by Gasteiger charge is -2.28. The van der Waals surface area contributed by atoms with Crippen molar-refractivity contribution in [3.63, 3.8) is 0 Å². The number of rotatable bonds is 7. The molecule has 2 aromatic rings. The topological polar surface area (TPSA) is 58.4 Å². The summed E-state index contributed by atoms with van der Waals surface area (Å²) in [4.78, 5) is 15.3. The van der Waals surface area contributed by atoms with Gasteiger partial charge < -0.3 is 9.84 Å². The second-order valence-corrected chi connectivity index (χ2v) is 7.46. The molecule has 1 aliphatic rings. The summed E-state index contributed by atoms with van der Waals surface area (Å²) in [6.07, 6.45) is 3.42. The third-order valence-corrected chi connectivity index (χ3v) is 5.11. The van der Waals surface area contributed by atoms with Crippen LogP contribution < -0.4 is 5.32 Å². The zero-order chi connectivity index (χ0) is 18.5. The number of hydrogen-bond donors (Lipinski definition) is 1. The Morgan fingerprint density at radius 2 is 1.92 bits per heavy atom. The molecule has 1 aromatic heterocycles. The number of amides is 1. The van der Waals surface area contributed by atoms with E-state index in [2.05, 4.69) is 39.6 Å².